The molecule has 3 aromatic rings. The molecule has 0 aliphatic rings. The van der Waals surface area contributed by atoms with Crippen molar-refractivity contribution in [1.82, 2.24) is 9.13 Å². The highest BCUT2D eigenvalue weighted by atomic mass is 32.2. The smallest absolute Gasteiger partial charge is 0.269 e. The van der Waals surface area contributed by atoms with Crippen molar-refractivity contribution in [2.75, 3.05) is 0 Å². The maximum Gasteiger partial charge on any atom is 0.269 e. The molecule has 0 amide bonds. The first-order valence-electron chi connectivity index (χ1n) is 8.44. The van der Waals surface area contributed by atoms with Crippen molar-refractivity contribution in [1.29, 1.82) is 0 Å². The molecule has 0 aliphatic heterocycles. The second-order valence-electron chi connectivity index (χ2n) is 6.05. The maximum absolute atomic E-state index is 13.0. The number of nitrogens with zero attached hydrogens (tertiary/aromatic N) is 2. The van der Waals surface area contributed by atoms with Gasteiger partial charge in [0.2, 0.25) is 0 Å². The molecular formula is C21H20N2O3S. The fourth-order valence-corrected chi connectivity index (χ4v) is 3.92. The number of hydrogen-bond donors (Lipinski definition) is 1. The normalized spacial score (nSPS) is 10.9. The van der Waals surface area contributed by atoms with E-state index in [-0.39, 0.29) is 33.7 Å². The molecule has 0 fully saturated rings. The summed E-state index contributed by atoms with van der Waals surface area (Å²) in [5, 5.41) is 11.0. The van der Waals surface area contributed by atoms with Crippen LogP contribution < -0.4 is 11.1 Å². The highest BCUT2D eigenvalue weighted by Crippen LogP contribution is 2.35. The first-order chi connectivity index (χ1) is 13.0. The van der Waals surface area contributed by atoms with E-state index in [0.717, 1.165) is 16.7 Å². The van der Waals surface area contributed by atoms with Gasteiger partial charge in [0.05, 0.1) is 5.52 Å². The quantitative estimate of drug-likeness (QED) is 0.662. The van der Waals surface area contributed by atoms with Crippen LogP contribution in [0.15, 0.2) is 81.1 Å². The molecule has 138 valence electrons. The van der Waals surface area contributed by atoms with Crippen molar-refractivity contribution in [3.8, 4) is 5.75 Å². The van der Waals surface area contributed by atoms with E-state index >= 15 is 0 Å². The van der Waals surface area contributed by atoms with Gasteiger partial charge in [0.25, 0.3) is 11.1 Å². The first kappa shape index (κ1) is 18.8. The lowest BCUT2D eigenvalue weighted by Crippen LogP contribution is -2.28. The molecule has 0 radical (unpaired) electrons. The Kier molecular flexibility index (Phi) is 5.37. The van der Waals surface area contributed by atoms with E-state index < -0.39 is 0 Å². The van der Waals surface area contributed by atoms with E-state index in [2.05, 4.69) is 13.2 Å². The fraction of sp³-hybridized carbons (Fsp3) is 0.143. The topological polar surface area (TPSA) is 64.2 Å². The number of fused-ring (bicyclic) bond motifs is 1. The molecule has 0 unspecified atom stereocenters. The van der Waals surface area contributed by atoms with Crippen molar-refractivity contribution in [2.45, 2.75) is 29.8 Å². The predicted octanol–water partition coefficient (Wildman–Crippen LogP) is 3.70. The van der Waals surface area contributed by atoms with Crippen LogP contribution in [0.3, 0.4) is 0 Å². The Hall–Kier alpha value is -2.99. The van der Waals surface area contributed by atoms with Gasteiger partial charge < -0.3 is 14.2 Å². The van der Waals surface area contributed by atoms with Gasteiger partial charge in [-0.1, -0.05) is 42.1 Å². The molecule has 2 aromatic heterocycles. The summed E-state index contributed by atoms with van der Waals surface area (Å²) < 4.78 is 2.99. The van der Waals surface area contributed by atoms with Crippen molar-refractivity contribution in [2.24, 2.45) is 0 Å². The van der Waals surface area contributed by atoms with Crippen molar-refractivity contribution < 1.29 is 5.11 Å². The summed E-state index contributed by atoms with van der Waals surface area (Å²) in [6.45, 7) is 9.73. The number of aryl methyl sites for hydroxylation is 1. The number of benzene rings is 1. The Balaban J connectivity index is 2.40. The monoisotopic (exact) mass is 380 g/mol. The van der Waals surface area contributed by atoms with Crippen LogP contribution in [-0.2, 0) is 13.1 Å². The minimum absolute atomic E-state index is 0.127. The molecule has 0 bridgehead atoms. The van der Waals surface area contributed by atoms with Crippen LogP contribution in [0.25, 0.3) is 10.9 Å². The van der Waals surface area contributed by atoms with Crippen LogP contribution in [-0.4, -0.2) is 14.2 Å². The molecule has 5 nitrogen and oxygen atoms in total. The van der Waals surface area contributed by atoms with Crippen LogP contribution >= 0.6 is 11.8 Å². The zero-order valence-corrected chi connectivity index (χ0v) is 15.8. The van der Waals surface area contributed by atoms with Gasteiger partial charge in [0.1, 0.15) is 16.0 Å². The van der Waals surface area contributed by atoms with Gasteiger partial charge in [-0.15, -0.1) is 13.2 Å². The van der Waals surface area contributed by atoms with Crippen LogP contribution in [0.1, 0.15) is 5.69 Å². The highest BCUT2D eigenvalue weighted by molar-refractivity contribution is 7.99. The molecule has 2 heterocycles. The Bertz CT molecular complexity index is 1140. The molecule has 27 heavy (non-hydrogen) atoms. The largest absolute Gasteiger partial charge is 0.506 e. The van der Waals surface area contributed by atoms with Gasteiger partial charge in [0.15, 0.2) is 0 Å². The number of hydrogen-bond acceptors (Lipinski definition) is 4. The first-order valence-corrected chi connectivity index (χ1v) is 9.25. The summed E-state index contributed by atoms with van der Waals surface area (Å²) in [6.07, 6.45) is 3.22. The number of allylic oxidation sites excluding steroid dienone is 2. The van der Waals surface area contributed by atoms with E-state index in [1.807, 2.05) is 30.3 Å². The predicted molar refractivity (Wildman–Crippen MR) is 110 cm³/mol. The van der Waals surface area contributed by atoms with E-state index in [0.29, 0.717) is 17.8 Å². The lowest BCUT2D eigenvalue weighted by Gasteiger charge is -2.16. The summed E-state index contributed by atoms with van der Waals surface area (Å²) in [4.78, 5) is 27.0. The summed E-state index contributed by atoms with van der Waals surface area (Å²) in [7, 11) is 0. The standard InChI is InChI=1S/C21H20N2O3S/c1-4-11-22-14(3)13-16-17(20(22)25)18(24)19(21(26)23(16)12-5-2)27-15-9-7-6-8-10-15/h4-10,13,24H,1-2,11-12H2,3H3. The number of aromatic hydroxyl groups is 1. The van der Waals surface area contributed by atoms with Crippen LogP contribution in [0.2, 0.25) is 0 Å². The second kappa shape index (κ2) is 7.72. The van der Waals surface area contributed by atoms with Gasteiger partial charge in [-0.25, -0.2) is 0 Å². The zero-order chi connectivity index (χ0) is 19.6. The van der Waals surface area contributed by atoms with Crippen molar-refractivity contribution in [3.63, 3.8) is 0 Å². The van der Waals surface area contributed by atoms with Crippen LogP contribution in [0.5, 0.6) is 5.75 Å². The van der Waals surface area contributed by atoms with Gasteiger partial charge in [0, 0.05) is 23.7 Å². The zero-order valence-electron chi connectivity index (χ0n) is 15.0. The van der Waals surface area contributed by atoms with E-state index in [1.165, 1.54) is 9.13 Å². The van der Waals surface area contributed by atoms with Gasteiger partial charge >= 0.3 is 0 Å². The Labute approximate surface area is 160 Å². The molecule has 0 saturated heterocycles. The molecular weight excluding hydrogens is 360 g/mol. The Morgan fingerprint density at radius 2 is 1.67 bits per heavy atom. The molecule has 6 heteroatoms. The van der Waals surface area contributed by atoms with Gasteiger partial charge in [-0.2, -0.15) is 0 Å². The van der Waals surface area contributed by atoms with E-state index in [9.17, 15) is 14.7 Å². The average molecular weight is 380 g/mol. The van der Waals surface area contributed by atoms with Crippen molar-refractivity contribution in [3.05, 3.63) is 88.1 Å². The third-order valence-electron chi connectivity index (χ3n) is 4.26. The maximum atomic E-state index is 13.0. The summed E-state index contributed by atoms with van der Waals surface area (Å²) in [5.41, 5.74) is 0.384. The SMILES string of the molecule is C=CCn1c(C)cc2c(c(O)c(Sc3ccccc3)c(=O)n2CC=C)c1=O. The van der Waals surface area contributed by atoms with Gasteiger partial charge in [-0.05, 0) is 25.1 Å². The third kappa shape index (κ3) is 3.36. The van der Waals surface area contributed by atoms with Gasteiger partial charge in [-0.3, -0.25) is 9.59 Å². The fourth-order valence-electron chi connectivity index (χ4n) is 3.00. The van der Waals surface area contributed by atoms with E-state index in [4.69, 9.17) is 0 Å². The lowest BCUT2D eigenvalue weighted by molar-refractivity contribution is 0.463. The molecule has 0 aliphatic carbocycles. The van der Waals surface area contributed by atoms with E-state index in [1.54, 1.807) is 25.1 Å². The Morgan fingerprint density at radius 1 is 1.04 bits per heavy atom. The molecule has 0 spiro atoms. The van der Waals surface area contributed by atoms with Crippen LogP contribution in [0, 0.1) is 6.92 Å². The summed E-state index contributed by atoms with van der Waals surface area (Å²) in [6, 6.07) is 11.0. The number of pyridine rings is 2. The molecule has 1 N–H and O–H groups in total. The average Bonchev–Trinajstić information content (AvgIpc) is 2.66. The summed E-state index contributed by atoms with van der Waals surface area (Å²) in [5.74, 6) is -0.285. The molecule has 3 rings (SSSR count). The highest BCUT2D eigenvalue weighted by Gasteiger charge is 2.21. The third-order valence-corrected chi connectivity index (χ3v) is 5.34. The molecule has 0 atom stereocenters. The molecule has 0 saturated carbocycles. The second-order valence-corrected chi connectivity index (χ2v) is 7.13. The van der Waals surface area contributed by atoms with Crippen molar-refractivity contribution >= 4 is 22.7 Å². The molecule has 1 aromatic carbocycles. The number of aromatic nitrogens is 2. The number of rotatable bonds is 6. The van der Waals surface area contributed by atoms with Crippen LogP contribution in [0.4, 0.5) is 0 Å². The Morgan fingerprint density at radius 3 is 2.30 bits per heavy atom. The minimum atomic E-state index is -0.353. The minimum Gasteiger partial charge on any atom is -0.506 e. The lowest BCUT2D eigenvalue weighted by atomic mass is 10.2. The summed E-state index contributed by atoms with van der Waals surface area (Å²) >= 11 is 1.14.